The minimum Gasteiger partial charge on any atom is -0.497 e. The Kier molecular flexibility index (Phi) is 5.53. The first-order chi connectivity index (χ1) is 14.0. The van der Waals surface area contributed by atoms with Gasteiger partial charge >= 0.3 is 0 Å². The van der Waals surface area contributed by atoms with Gasteiger partial charge in [0.1, 0.15) is 17.6 Å². The molecule has 3 rings (SSSR count). The van der Waals surface area contributed by atoms with Crippen LogP contribution in [0, 0.1) is 51.2 Å². The summed E-state index contributed by atoms with van der Waals surface area (Å²) in [7, 11) is 3.12. The predicted octanol–water partition coefficient (Wildman–Crippen LogP) is 3.93. The molecule has 2 aliphatic carbocycles. The zero-order valence-electron chi connectivity index (χ0n) is 16.9. The molecule has 1 aromatic carbocycles. The molecular weight excluding hydrogens is 364 g/mol. The lowest BCUT2D eigenvalue weighted by atomic mass is 9.55. The van der Waals surface area contributed by atoms with Gasteiger partial charge in [-0.1, -0.05) is 19.4 Å². The molecular formula is C23H24N4O2. The molecule has 0 aromatic heterocycles. The molecule has 2 N–H and O–H groups in total. The lowest BCUT2D eigenvalue weighted by Crippen LogP contribution is -2.43. The Morgan fingerprint density at radius 2 is 1.90 bits per heavy atom. The average molecular weight is 388 g/mol. The van der Waals surface area contributed by atoms with Crippen LogP contribution in [0.3, 0.4) is 0 Å². The number of fused-ring (bicyclic) bond motifs is 1. The number of nitrogens with two attached hydrogens (primary N) is 1. The third-order valence-corrected chi connectivity index (χ3v) is 6.32. The molecule has 0 radical (unpaired) electrons. The molecule has 0 bridgehead atoms. The zero-order chi connectivity index (χ0) is 21.2. The molecule has 0 saturated heterocycles. The first-order valence-electron chi connectivity index (χ1n) is 9.66. The topological polar surface area (TPSA) is 116 Å². The van der Waals surface area contributed by atoms with E-state index in [2.05, 4.69) is 31.2 Å². The summed E-state index contributed by atoms with van der Waals surface area (Å²) in [5.41, 5.74) is 6.52. The van der Waals surface area contributed by atoms with Crippen LogP contribution in [0.2, 0.25) is 0 Å². The third-order valence-electron chi connectivity index (χ3n) is 6.32. The van der Waals surface area contributed by atoms with Crippen LogP contribution in [0.1, 0.15) is 37.7 Å². The molecule has 0 heterocycles. The van der Waals surface area contributed by atoms with E-state index in [1.165, 1.54) is 0 Å². The van der Waals surface area contributed by atoms with Gasteiger partial charge in [-0.05, 0) is 48.4 Å². The van der Waals surface area contributed by atoms with E-state index < -0.39 is 11.3 Å². The molecule has 0 aliphatic heterocycles. The number of ether oxygens (including phenoxy) is 2. The summed E-state index contributed by atoms with van der Waals surface area (Å²) in [4.78, 5) is 0. The van der Waals surface area contributed by atoms with Crippen molar-refractivity contribution in [1.29, 1.82) is 15.8 Å². The van der Waals surface area contributed by atoms with Gasteiger partial charge in [0.15, 0.2) is 5.41 Å². The minimum absolute atomic E-state index is 0.0253. The van der Waals surface area contributed by atoms with E-state index in [9.17, 15) is 15.8 Å². The quantitative estimate of drug-likeness (QED) is 0.835. The molecule has 3 atom stereocenters. The van der Waals surface area contributed by atoms with E-state index in [1.54, 1.807) is 26.4 Å². The minimum atomic E-state index is -1.66. The van der Waals surface area contributed by atoms with Crippen LogP contribution in [0.25, 0.3) is 0 Å². The first-order valence-corrected chi connectivity index (χ1v) is 9.66. The van der Waals surface area contributed by atoms with Gasteiger partial charge in [-0.3, -0.25) is 0 Å². The second kappa shape index (κ2) is 7.90. The summed E-state index contributed by atoms with van der Waals surface area (Å²) in [6.45, 7) is 2.13. The second-order valence-electron chi connectivity index (χ2n) is 7.53. The fraction of sp³-hybridized carbons (Fsp3) is 0.435. The van der Waals surface area contributed by atoms with Crippen LogP contribution in [0.4, 0.5) is 0 Å². The van der Waals surface area contributed by atoms with Crippen molar-refractivity contribution in [2.75, 3.05) is 14.2 Å². The molecule has 0 spiro atoms. The van der Waals surface area contributed by atoms with Gasteiger partial charge in [-0.25, -0.2) is 0 Å². The number of nitrogens with zero attached hydrogens (tertiary/aromatic N) is 3. The predicted molar refractivity (Wildman–Crippen MR) is 107 cm³/mol. The number of hydrogen-bond acceptors (Lipinski definition) is 6. The second-order valence-corrected chi connectivity index (χ2v) is 7.53. The molecule has 6 nitrogen and oxygen atoms in total. The van der Waals surface area contributed by atoms with Gasteiger partial charge in [0, 0.05) is 11.5 Å². The molecule has 1 aromatic rings. The van der Waals surface area contributed by atoms with Crippen LogP contribution >= 0.6 is 0 Å². The first kappa shape index (κ1) is 20.3. The molecule has 0 unspecified atom stereocenters. The third kappa shape index (κ3) is 3.00. The number of rotatable bonds is 4. The van der Waals surface area contributed by atoms with E-state index in [0.29, 0.717) is 23.0 Å². The molecule has 0 amide bonds. The number of methoxy groups -OCH3 is 2. The van der Waals surface area contributed by atoms with E-state index in [-0.39, 0.29) is 17.2 Å². The van der Waals surface area contributed by atoms with Crippen LogP contribution in [-0.4, -0.2) is 14.2 Å². The monoisotopic (exact) mass is 388 g/mol. The Labute approximate surface area is 171 Å². The smallest absolute Gasteiger partial charge is 0.191 e. The maximum atomic E-state index is 10.2. The summed E-state index contributed by atoms with van der Waals surface area (Å²) in [6, 6.07) is 11.9. The van der Waals surface area contributed by atoms with Crippen LogP contribution in [-0.2, 0) is 0 Å². The van der Waals surface area contributed by atoms with Crippen molar-refractivity contribution in [1.82, 2.24) is 0 Å². The lowest BCUT2D eigenvalue weighted by molar-refractivity contribution is 0.264. The maximum absolute atomic E-state index is 10.2. The van der Waals surface area contributed by atoms with Crippen molar-refractivity contribution in [2.45, 2.75) is 32.1 Å². The van der Waals surface area contributed by atoms with Gasteiger partial charge < -0.3 is 15.2 Å². The van der Waals surface area contributed by atoms with Gasteiger partial charge in [0.2, 0.25) is 0 Å². The fourth-order valence-electron chi connectivity index (χ4n) is 4.73. The number of benzene rings is 1. The van der Waals surface area contributed by atoms with Crippen molar-refractivity contribution >= 4 is 0 Å². The van der Waals surface area contributed by atoms with Crippen LogP contribution in [0.5, 0.6) is 11.5 Å². The highest BCUT2D eigenvalue weighted by molar-refractivity contribution is 5.61. The van der Waals surface area contributed by atoms with Crippen molar-refractivity contribution < 1.29 is 9.47 Å². The number of nitriles is 3. The summed E-state index contributed by atoms with van der Waals surface area (Å²) in [6.07, 6.45) is 4.67. The van der Waals surface area contributed by atoms with Crippen molar-refractivity contribution in [2.24, 2.45) is 23.0 Å². The Morgan fingerprint density at radius 1 is 1.17 bits per heavy atom. The molecule has 0 fully saturated rings. The normalized spacial score (nSPS) is 25.0. The largest absolute Gasteiger partial charge is 0.497 e. The SMILES string of the molecule is CC[C@H]1CC=C2C(C#N)=C(N)C(C#N)(C#N)[C@@H](c3cc(OC)ccc3OC)[C@@H]2C1. The Bertz CT molecular complexity index is 989. The number of hydrogen-bond donors (Lipinski definition) is 1. The highest BCUT2D eigenvalue weighted by atomic mass is 16.5. The van der Waals surface area contributed by atoms with Crippen molar-refractivity contribution in [3.63, 3.8) is 0 Å². The Balaban J connectivity index is 2.37. The summed E-state index contributed by atoms with van der Waals surface area (Å²) < 4.78 is 11.0. The Morgan fingerprint density at radius 3 is 2.45 bits per heavy atom. The highest BCUT2D eigenvalue weighted by Gasteiger charge is 2.55. The molecule has 29 heavy (non-hydrogen) atoms. The molecule has 148 valence electrons. The zero-order valence-corrected chi connectivity index (χ0v) is 16.9. The maximum Gasteiger partial charge on any atom is 0.191 e. The molecule has 2 aliphatic rings. The van der Waals surface area contributed by atoms with Crippen molar-refractivity contribution in [3.05, 3.63) is 46.7 Å². The Hall–Kier alpha value is -3.43. The summed E-state index contributed by atoms with van der Waals surface area (Å²) in [5, 5.41) is 30.1. The fourth-order valence-corrected chi connectivity index (χ4v) is 4.73. The van der Waals surface area contributed by atoms with E-state index in [0.717, 1.165) is 24.8 Å². The number of allylic oxidation sites excluding steroid dienone is 4. The van der Waals surface area contributed by atoms with Gasteiger partial charge in [-0.15, -0.1) is 0 Å². The lowest BCUT2D eigenvalue weighted by Gasteiger charge is -2.45. The van der Waals surface area contributed by atoms with Crippen LogP contribution < -0.4 is 15.2 Å². The van der Waals surface area contributed by atoms with Gasteiger partial charge in [-0.2, -0.15) is 15.8 Å². The highest BCUT2D eigenvalue weighted by Crippen LogP contribution is 2.58. The van der Waals surface area contributed by atoms with Gasteiger partial charge in [0.25, 0.3) is 0 Å². The van der Waals surface area contributed by atoms with E-state index in [4.69, 9.17) is 15.2 Å². The van der Waals surface area contributed by atoms with Gasteiger partial charge in [0.05, 0.1) is 37.6 Å². The van der Waals surface area contributed by atoms with Crippen LogP contribution in [0.15, 0.2) is 41.1 Å². The molecule has 0 saturated carbocycles. The molecule has 6 heteroatoms. The summed E-state index contributed by atoms with van der Waals surface area (Å²) >= 11 is 0. The van der Waals surface area contributed by atoms with E-state index >= 15 is 0 Å². The van der Waals surface area contributed by atoms with E-state index in [1.807, 2.05) is 6.07 Å². The summed E-state index contributed by atoms with van der Waals surface area (Å²) in [5.74, 6) is 0.831. The average Bonchev–Trinajstić information content (AvgIpc) is 2.77. The standard InChI is InChI=1S/C23H24N4O2/c1-4-14-5-7-16-17(9-14)21(18-10-15(28-2)6-8-20(18)29-3)23(12-25,13-26)22(27)19(16)11-24/h6-8,10,14,17,21H,4-5,9,27H2,1-3H3/t14-,17+,21+/m0/s1. The van der Waals surface area contributed by atoms with Crippen molar-refractivity contribution in [3.8, 4) is 29.7 Å².